The van der Waals surface area contributed by atoms with Gasteiger partial charge in [0.05, 0.1) is 11.1 Å². The molecule has 0 unspecified atom stereocenters. The Morgan fingerprint density at radius 1 is 1.28 bits per heavy atom. The minimum Gasteiger partial charge on any atom is -0.507 e. The minimum atomic E-state index is -0.658. The van der Waals surface area contributed by atoms with Crippen LogP contribution in [0.2, 0.25) is 5.02 Å². The van der Waals surface area contributed by atoms with Crippen molar-refractivity contribution in [3.8, 4) is 11.5 Å². The average Bonchev–Trinajstić information content (AvgIpc) is 2.56. The van der Waals surface area contributed by atoms with E-state index in [4.69, 9.17) is 16.3 Å². The van der Waals surface area contributed by atoms with Crippen LogP contribution in [0.4, 0.5) is 0 Å². The number of carbonyl (C=O) groups excluding carboxylic acids is 1. The molecule has 5 nitrogen and oxygen atoms in total. The summed E-state index contributed by atoms with van der Waals surface area (Å²) in [5.41, 5.74) is 0.912. The molecule has 25 heavy (non-hydrogen) atoms. The van der Waals surface area contributed by atoms with Gasteiger partial charge < -0.3 is 14.9 Å². The molecule has 2 rings (SSSR count). The third-order valence-electron chi connectivity index (χ3n) is 4.00. The number of carbonyl (C=O) groups is 1. The number of hydrogen-bond donors (Lipinski definition) is 2. The van der Waals surface area contributed by atoms with Crippen LogP contribution < -0.4 is 0 Å². The van der Waals surface area contributed by atoms with Crippen molar-refractivity contribution in [2.75, 3.05) is 7.05 Å². The summed E-state index contributed by atoms with van der Waals surface area (Å²) in [6, 6.07) is 1.05. The van der Waals surface area contributed by atoms with Crippen molar-refractivity contribution < 1.29 is 19.7 Å². The topological polar surface area (TPSA) is 79.1 Å². The van der Waals surface area contributed by atoms with Crippen LogP contribution in [0, 0.1) is 0 Å². The monoisotopic (exact) mass is 363 g/mol. The fourth-order valence-corrected chi connectivity index (χ4v) is 2.85. The van der Waals surface area contributed by atoms with E-state index in [-0.39, 0.29) is 34.6 Å². The number of halogens is 1. The van der Waals surface area contributed by atoms with Crippen LogP contribution >= 0.6 is 11.6 Å². The Morgan fingerprint density at radius 2 is 2.04 bits per heavy atom. The maximum absolute atomic E-state index is 12.6. The van der Waals surface area contributed by atoms with Crippen molar-refractivity contribution in [2.24, 2.45) is 4.99 Å². The Bertz CT molecular complexity index is 737. The van der Waals surface area contributed by atoms with Gasteiger partial charge in [0, 0.05) is 25.2 Å². The zero-order valence-corrected chi connectivity index (χ0v) is 15.1. The van der Waals surface area contributed by atoms with E-state index in [1.54, 1.807) is 13.1 Å². The molecule has 0 saturated heterocycles. The van der Waals surface area contributed by atoms with Gasteiger partial charge in [0.25, 0.3) is 0 Å². The second-order valence-corrected chi connectivity index (χ2v) is 6.29. The molecule has 1 aliphatic rings. The predicted molar refractivity (Wildman–Crippen MR) is 98.9 cm³/mol. The molecule has 0 aromatic heterocycles. The average molecular weight is 364 g/mol. The highest BCUT2D eigenvalue weighted by Gasteiger charge is 2.25. The molecule has 0 spiro atoms. The Hall–Kier alpha value is -2.27. The normalized spacial score (nSPS) is 23.4. The minimum absolute atomic E-state index is 0.00888. The Labute approximate surface area is 152 Å². The summed E-state index contributed by atoms with van der Waals surface area (Å²) in [5, 5.41) is 20.1. The van der Waals surface area contributed by atoms with Crippen molar-refractivity contribution in [1.82, 2.24) is 0 Å². The summed E-state index contributed by atoms with van der Waals surface area (Å²) < 4.78 is 5.45. The molecular weight excluding hydrogens is 342 g/mol. The number of phenolic OH excluding ortho intramolecular Hbond substituents is 2. The number of aliphatic imine (C=N–C) groups is 1. The zero-order valence-electron chi connectivity index (χ0n) is 14.3. The van der Waals surface area contributed by atoms with Crippen molar-refractivity contribution in [3.05, 3.63) is 46.5 Å². The number of hydrogen-bond acceptors (Lipinski definition) is 5. The maximum Gasteiger partial charge on any atom is 0.342 e. The summed E-state index contributed by atoms with van der Waals surface area (Å²) in [7, 11) is 1.63. The molecule has 0 saturated carbocycles. The maximum atomic E-state index is 12.6. The molecule has 1 heterocycles. The van der Waals surface area contributed by atoms with Crippen LogP contribution in [0.25, 0.3) is 0 Å². The van der Waals surface area contributed by atoms with Crippen LogP contribution in [-0.2, 0) is 11.2 Å². The molecule has 1 aliphatic heterocycles. The molecule has 0 bridgehead atoms. The third kappa shape index (κ3) is 4.86. The lowest BCUT2D eigenvalue weighted by atomic mass is 9.99. The van der Waals surface area contributed by atoms with E-state index in [0.717, 1.165) is 18.9 Å². The van der Waals surface area contributed by atoms with Crippen molar-refractivity contribution in [1.29, 1.82) is 0 Å². The van der Waals surface area contributed by atoms with Crippen molar-refractivity contribution >= 4 is 23.3 Å². The first kappa shape index (κ1) is 19.1. The summed E-state index contributed by atoms with van der Waals surface area (Å²) in [4.78, 5) is 16.7. The highest BCUT2D eigenvalue weighted by atomic mass is 35.5. The van der Waals surface area contributed by atoms with Gasteiger partial charge in [0.2, 0.25) is 0 Å². The van der Waals surface area contributed by atoms with Gasteiger partial charge in [-0.1, -0.05) is 29.8 Å². The molecule has 1 aromatic carbocycles. The van der Waals surface area contributed by atoms with Crippen molar-refractivity contribution in [3.63, 3.8) is 0 Å². The summed E-state index contributed by atoms with van der Waals surface area (Å²) >= 11 is 6.20. The van der Waals surface area contributed by atoms with Crippen LogP contribution in [-0.4, -0.2) is 35.0 Å². The molecule has 1 atom stereocenters. The Balaban J connectivity index is 2.54. The van der Waals surface area contributed by atoms with Crippen LogP contribution in [0.5, 0.6) is 11.5 Å². The zero-order chi connectivity index (χ0) is 18.4. The number of fused-ring (bicyclic) bond motifs is 1. The lowest BCUT2D eigenvalue weighted by Crippen LogP contribution is -2.18. The van der Waals surface area contributed by atoms with Gasteiger partial charge >= 0.3 is 5.97 Å². The Morgan fingerprint density at radius 3 is 2.76 bits per heavy atom. The quantitative estimate of drug-likeness (QED) is 0.677. The van der Waals surface area contributed by atoms with E-state index in [2.05, 4.69) is 4.99 Å². The molecule has 0 radical (unpaired) electrons. The number of ether oxygens (including phenoxy) is 1. The second-order valence-electron chi connectivity index (χ2n) is 5.91. The number of nitrogens with zero attached hydrogens (tertiary/aromatic N) is 1. The molecule has 2 N–H and O–H groups in total. The second kappa shape index (κ2) is 8.72. The first-order valence-electron chi connectivity index (χ1n) is 8.17. The molecule has 0 fully saturated rings. The van der Waals surface area contributed by atoms with Gasteiger partial charge in [-0.15, -0.1) is 0 Å². The largest absolute Gasteiger partial charge is 0.507 e. The molecule has 0 amide bonds. The number of phenols is 2. The van der Waals surface area contributed by atoms with Gasteiger partial charge in [-0.2, -0.15) is 0 Å². The lowest BCUT2D eigenvalue weighted by Gasteiger charge is -2.17. The van der Waals surface area contributed by atoms with Gasteiger partial charge in [0.15, 0.2) is 0 Å². The van der Waals surface area contributed by atoms with Gasteiger partial charge in [-0.25, -0.2) is 4.79 Å². The molecular formula is C19H22ClNO4. The fraction of sp³-hybridized carbons (Fsp3) is 0.368. The Kier molecular flexibility index (Phi) is 6.65. The van der Waals surface area contributed by atoms with Crippen molar-refractivity contribution in [2.45, 2.75) is 38.7 Å². The molecule has 134 valence electrons. The number of aromatic hydroxyl groups is 2. The summed E-state index contributed by atoms with van der Waals surface area (Å²) in [6.07, 6.45) is 10.0. The smallest absolute Gasteiger partial charge is 0.342 e. The fourth-order valence-electron chi connectivity index (χ4n) is 2.64. The van der Waals surface area contributed by atoms with Crippen LogP contribution in [0.3, 0.4) is 0 Å². The molecule has 0 aliphatic carbocycles. The van der Waals surface area contributed by atoms with Crippen LogP contribution in [0.15, 0.2) is 35.4 Å². The first-order chi connectivity index (χ1) is 11.9. The van der Waals surface area contributed by atoms with E-state index in [0.29, 0.717) is 17.7 Å². The highest BCUT2D eigenvalue weighted by molar-refractivity contribution is 6.33. The summed E-state index contributed by atoms with van der Waals surface area (Å²) in [6.45, 7) is 1.81. The third-order valence-corrected chi connectivity index (χ3v) is 4.42. The first-order valence-corrected chi connectivity index (χ1v) is 8.55. The molecule has 1 aromatic rings. The van der Waals surface area contributed by atoms with E-state index in [9.17, 15) is 15.0 Å². The number of allylic oxidation sites excluding steroid dienone is 4. The highest BCUT2D eigenvalue weighted by Crippen LogP contribution is 2.37. The summed E-state index contributed by atoms with van der Waals surface area (Å²) in [5.74, 6) is -1.31. The van der Waals surface area contributed by atoms with Gasteiger partial charge in [0.1, 0.15) is 17.1 Å². The van der Waals surface area contributed by atoms with E-state index < -0.39 is 5.97 Å². The predicted octanol–water partition coefficient (Wildman–Crippen LogP) is 4.21. The number of cyclic esters (lactones) is 1. The van der Waals surface area contributed by atoms with Gasteiger partial charge in [-0.05, 0) is 37.8 Å². The lowest BCUT2D eigenvalue weighted by molar-refractivity contribution is 0.0317. The number of esters is 1. The molecule has 6 heteroatoms. The standard InChI is InChI=1S/C19H22ClNO4/c1-12-8-6-4-3-5-7-9-13(21-2)10-14-17(19(24)25-12)15(22)11-16(23)18(14)20/h3,5,7,9,11-12,22-23H,4,6,8,10H2,1-2H3/b5-3-,9-7+,21-13?/t12-/m1/s1. The SMILES string of the molecule is CN=C1/C=C/C=C\CCC[C@@H](C)OC(=O)c2c(O)cc(O)c(Cl)c2C1. The number of benzene rings is 1. The van der Waals surface area contributed by atoms with Crippen LogP contribution in [0.1, 0.15) is 42.1 Å². The van der Waals surface area contributed by atoms with E-state index in [1.165, 1.54) is 0 Å². The van der Waals surface area contributed by atoms with E-state index in [1.807, 2.05) is 25.2 Å². The van der Waals surface area contributed by atoms with Gasteiger partial charge in [-0.3, -0.25) is 4.99 Å². The number of rotatable bonds is 0. The van der Waals surface area contributed by atoms with E-state index >= 15 is 0 Å².